The number of nitrogens with zero attached hydrogens (tertiary/aromatic N) is 2. The van der Waals surface area contributed by atoms with Gasteiger partial charge in [0.2, 0.25) is 0 Å². The van der Waals surface area contributed by atoms with Gasteiger partial charge < -0.3 is 9.88 Å². The van der Waals surface area contributed by atoms with E-state index >= 15 is 0 Å². The second kappa shape index (κ2) is 6.18. The Bertz CT molecular complexity index is 1050. The summed E-state index contributed by atoms with van der Waals surface area (Å²) in [5.41, 5.74) is 1.54. The molecule has 0 radical (unpaired) electrons. The van der Waals surface area contributed by atoms with Crippen molar-refractivity contribution in [2.45, 2.75) is 22.8 Å². The summed E-state index contributed by atoms with van der Waals surface area (Å²) in [6.45, 7) is 1.81. The monoisotopic (exact) mass is 567 g/mol. The number of alkyl halides is 5. The van der Waals surface area contributed by atoms with Crippen LogP contribution < -0.4 is 5.32 Å². The van der Waals surface area contributed by atoms with Crippen LogP contribution >= 0.6 is 47.8 Å². The van der Waals surface area contributed by atoms with Gasteiger partial charge in [0.1, 0.15) is 11.3 Å². The number of nitrogens with one attached hydrogen (secondary N) is 1. The molecule has 1 N–H and O–H groups in total. The summed E-state index contributed by atoms with van der Waals surface area (Å²) in [7, 11) is 0. The lowest BCUT2D eigenvalue weighted by atomic mass is 9.94. The first-order valence-corrected chi connectivity index (χ1v) is 10.2. The predicted octanol–water partition coefficient (Wildman–Crippen LogP) is 5.49. The SMILES string of the molecule is Cc1c(Br)c2ccc(C(F)(F)F)nc2n1C1=CC=C2NC(=O)C(Br)(Br)C2C1. The van der Waals surface area contributed by atoms with Crippen LogP contribution in [0.5, 0.6) is 0 Å². The zero-order chi connectivity index (χ0) is 19.7. The van der Waals surface area contributed by atoms with Gasteiger partial charge in [-0.05, 0) is 53.6 Å². The molecule has 3 heterocycles. The van der Waals surface area contributed by atoms with Crippen molar-refractivity contribution in [3.63, 3.8) is 0 Å². The molecule has 4 rings (SSSR count). The average molecular weight is 570 g/mol. The van der Waals surface area contributed by atoms with E-state index in [1.165, 1.54) is 6.07 Å². The summed E-state index contributed by atoms with van der Waals surface area (Å²) < 4.78 is 40.9. The Hall–Kier alpha value is -1.13. The van der Waals surface area contributed by atoms with Crippen molar-refractivity contribution in [1.82, 2.24) is 14.9 Å². The molecule has 2 aliphatic rings. The molecule has 1 saturated heterocycles. The Morgan fingerprint density at radius 1 is 1.30 bits per heavy atom. The second-order valence-corrected chi connectivity index (χ2v) is 10.8. The molecule has 1 fully saturated rings. The van der Waals surface area contributed by atoms with Crippen molar-refractivity contribution in [2.75, 3.05) is 0 Å². The van der Waals surface area contributed by atoms with Crippen LogP contribution in [0.25, 0.3) is 16.7 Å². The molecule has 1 atom stereocenters. The maximum atomic E-state index is 13.2. The molecule has 4 nitrogen and oxygen atoms in total. The van der Waals surface area contributed by atoms with E-state index in [9.17, 15) is 18.0 Å². The van der Waals surface area contributed by atoms with Crippen LogP contribution in [-0.2, 0) is 11.0 Å². The van der Waals surface area contributed by atoms with Crippen LogP contribution in [0.15, 0.2) is 34.5 Å². The van der Waals surface area contributed by atoms with Gasteiger partial charge in [0.25, 0.3) is 5.91 Å². The van der Waals surface area contributed by atoms with E-state index in [4.69, 9.17) is 0 Å². The lowest BCUT2D eigenvalue weighted by molar-refractivity contribution is -0.141. The molecule has 2 aromatic rings. The molecular formula is C17H11Br3F3N3O. The van der Waals surface area contributed by atoms with Gasteiger partial charge in [-0.25, -0.2) is 4.98 Å². The van der Waals surface area contributed by atoms with Crippen molar-refractivity contribution in [3.05, 3.63) is 45.8 Å². The molecule has 1 aliphatic heterocycles. The summed E-state index contributed by atoms with van der Waals surface area (Å²) in [5.74, 6) is -0.424. The summed E-state index contributed by atoms with van der Waals surface area (Å²) in [6, 6.07) is 2.40. The molecule has 2 aromatic heterocycles. The Morgan fingerprint density at radius 3 is 2.67 bits per heavy atom. The molecule has 0 spiro atoms. The number of aromatic nitrogens is 2. The largest absolute Gasteiger partial charge is 0.433 e. The van der Waals surface area contributed by atoms with Crippen molar-refractivity contribution in [1.29, 1.82) is 0 Å². The highest BCUT2D eigenvalue weighted by Crippen LogP contribution is 2.49. The van der Waals surface area contributed by atoms with Gasteiger partial charge in [-0.3, -0.25) is 4.79 Å². The van der Waals surface area contributed by atoms with Crippen molar-refractivity contribution >= 4 is 70.4 Å². The summed E-state index contributed by atoms with van der Waals surface area (Å²) >= 11 is 10.3. The minimum atomic E-state index is -4.53. The van der Waals surface area contributed by atoms with Crippen LogP contribution in [-0.4, -0.2) is 18.7 Å². The van der Waals surface area contributed by atoms with Gasteiger partial charge >= 0.3 is 6.18 Å². The maximum Gasteiger partial charge on any atom is 0.433 e. The van der Waals surface area contributed by atoms with E-state index in [-0.39, 0.29) is 17.5 Å². The summed E-state index contributed by atoms with van der Waals surface area (Å²) in [6.07, 6.45) is -0.511. The van der Waals surface area contributed by atoms with Crippen molar-refractivity contribution in [3.8, 4) is 0 Å². The smallest absolute Gasteiger partial charge is 0.327 e. The third-order valence-electron chi connectivity index (χ3n) is 4.80. The zero-order valence-corrected chi connectivity index (χ0v) is 18.4. The van der Waals surface area contributed by atoms with E-state index in [1.807, 2.05) is 6.92 Å². The number of pyridine rings is 1. The highest BCUT2D eigenvalue weighted by molar-refractivity contribution is 9.26. The minimum absolute atomic E-state index is 0.207. The van der Waals surface area contributed by atoms with Gasteiger partial charge in [-0.1, -0.05) is 31.9 Å². The third-order valence-corrected chi connectivity index (χ3v) is 7.62. The minimum Gasteiger partial charge on any atom is -0.327 e. The fourth-order valence-electron chi connectivity index (χ4n) is 3.43. The van der Waals surface area contributed by atoms with Crippen LogP contribution in [0.4, 0.5) is 13.2 Å². The number of fused-ring (bicyclic) bond motifs is 2. The zero-order valence-electron chi connectivity index (χ0n) is 13.7. The van der Waals surface area contributed by atoms with Gasteiger partial charge in [-0.2, -0.15) is 13.2 Å². The summed E-state index contributed by atoms with van der Waals surface area (Å²) in [4.78, 5) is 16.0. The van der Waals surface area contributed by atoms with E-state index in [1.54, 1.807) is 16.7 Å². The molecule has 27 heavy (non-hydrogen) atoms. The topological polar surface area (TPSA) is 46.9 Å². The number of amides is 1. The average Bonchev–Trinajstić information content (AvgIpc) is 2.97. The number of halogens is 6. The standard InChI is InChI=1S/C17H11Br3F3N3O/c1-7-13(18)9-3-5-12(17(21,22)23)25-14(9)26(7)8-2-4-11-10(6-8)16(19,20)15(27)24-11/h2-5,10H,6H2,1H3,(H,24,27). The summed E-state index contributed by atoms with van der Waals surface area (Å²) in [5, 5.41) is 3.40. The molecule has 0 bridgehead atoms. The fourth-order valence-corrected chi connectivity index (χ4v) is 4.93. The lowest BCUT2D eigenvalue weighted by Gasteiger charge is -2.25. The van der Waals surface area contributed by atoms with Gasteiger partial charge in [0, 0.05) is 32.9 Å². The van der Waals surface area contributed by atoms with Gasteiger partial charge in [-0.15, -0.1) is 0 Å². The molecular weight excluding hydrogens is 559 g/mol. The highest BCUT2D eigenvalue weighted by atomic mass is 79.9. The van der Waals surface area contributed by atoms with Crippen molar-refractivity contribution in [2.24, 2.45) is 5.92 Å². The predicted molar refractivity (Wildman–Crippen MR) is 106 cm³/mol. The Labute approximate surface area is 177 Å². The van der Waals surface area contributed by atoms with Gasteiger partial charge in [0.05, 0.1) is 0 Å². The second-order valence-electron chi connectivity index (χ2n) is 6.41. The molecule has 10 heteroatoms. The first-order chi connectivity index (χ1) is 12.5. The van der Waals surface area contributed by atoms with Crippen molar-refractivity contribution < 1.29 is 18.0 Å². The Morgan fingerprint density at radius 2 is 2.00 bits per heavy atom. The normalized spacial score (nSPS) is 21.7. The molecule has 0 aromatic carbocycles. The number of allylic oxidation sites excluding steroid dienone is 4. The number of hydrogen-bond acceptors (Lipinski definition) is 2. The van der Waals surface area contributed by atoms with E-state index in [2.05, 4.69) is 58.1 Å². The molecule has 1 amide bonds. The van der Waals surface area contributed by atoms with E-state index in [0.29, 0.717) is 16.3 Å². The first-order valence-electron chi connectivity index (χ1n) is 7.87. The van der Waals surface area contributed by atoms with Crippen LogP contribution in [0.1, 0.15) is 17.8 Å². The number of hydrogen-bond donors (Lipinski definition) is 1. The first kappa shape index (κ1) is 19.2. The molecule has 142 valence electrons. The third kappa shape index (κ3) is 2.91. The number of rotatable bonds is 1. The maximum absolute atomic E-state index is 13.2. The fraction of sp³-hybridized carbons (Fsp3) is 0.294. The molecule has 1 aliphatic carbocycles. The number of carbonyl (C=O) groups excluding carboxylic acids is 1. The van der Waals surface area contributed by atoms with Gasteiger partial charge in [0.15, 0.2) is 3.23 Å². The van der Waals surface area contributed by atoms with Crippen LogP contribution in [0.3, 0.4) is 0 Å². The Balaban J connectivity index is 1.88. The van der Waals surface area contributed by atoms with Crippen LogP contribution in [0.2, 0.25) is 0 Å². The van der Waals surface area contributed by atoms with E-state index in [0.717, 1.165) is 23.2 Å². The highest BCUT2D eigenvalue weighted by Gasteiger charge is 2.50. The molecule has 1 unspecified atom stereocenters. The van der Waals surface area contributed by atoms with E-state index < -0.39 is 15.1 Å². The van der Waals surface area contributed by atoms with Crippen LogP contribution in [0, 0.1) is 12.8 Å². The quantitative estimate of drug-likeness (QED) is 0.462. The lowest BCUT2D eigenvalue weighted by Crippen LogP contribution is -2.29. The Kier molecular flexibility index (Phi) is 4.40. The molecule has 0 saturated carbocycles. The number of carbonyl (C=O) groups is 1.